The Balaban J connectivity index is 1.14. The van der Waals surface area contributed by atoms with Gasteiger partial charge < -0.3 is 8.98 Å². The number of furan rings is 1. The van der Waals surface area contributed by atoms with Crippen LogP contribution < -0.4 is 0 Å². The van der Waals surface area contributed by atoms with E-state index in [2.05, 4.69) is 187 Å². The maximum absolute atomic E-state index is 6.73. The molecule has 4 heteroatoms. The molecule has 1 atom stereocenters. The lowest BCUT2D eigenvalue weighted by atomic mass is 9.78. The number of hydrogen-bond donors (Lipinski definition) is 0. The van der Waals surface area contributed by atoms with E-state index in [1.54, 1.807) is 0 Å². The summed E-state index contributed by atoms with van der Waals surface area (Å²) < 4.78 is 9.15. The zero-order chi connectivity index (χ0) is 41.4. The summed E-state index contributed by atoms with van der Waals surface area (Å²) >= 11 is 0. The average molecular weight is 804 g/mol. The first-order chi connectivity index (χ1) is 31.3. The standard InChI is InChI=1S/C59H37N3O/c1-5-19-37(20-6-1)47-35-40(56-58-57(45-30-16-18-32-51(45)63-58)61-59(60-56)39-23-9-3-10-24-39)36-48(38-21-7-2-8-22-38)54(47)52-42-27-13-14-28-43(42)53-46(52)33-34-50-55(53)44-29-15-17-31-49(44)62(50)41-25-11-4-12-26-41/h1-36,52H. The fourth-order valence-corrected chi connectivity index (χ4v) is 10.2. The number of benzene rings is 9. The quantitative estimate of drug-likeness (QED) is 0.168. The summed E-state index contributed by atoms with van der Waals surface area (Å²) in [4.78, 5) is 10.6. The molecule has 0 saturated heterocycles. The molecule has 4 nitrogen and oxygen atoms in total. The van der Waals surface area contributed by atoms with Crippen molar-refractivity contribution in [3.8, 4) is 61.7 Å². The van der Waals surface area contributed by atoms with Crippen LogP contribution in [0.15, 0.2) is 223 Å². The zero-order valence-electron chi connectivity index (χ0n) is 34.1. The molecule has 0 bridgehead atoms. The van der Waals surface area contributed by atoms with E-state index in [1.165, 1.54) is 49.6 Å². The van der Waals surface area contributed by atoms with Gasteiger partial charge in [-0.3, -0.25) is 0 Å². The number of aromatic nitrogens is 3. The number of fused-ring (bicyclic) bond motifs is 10. The Morgan fingerprint density at radius 2 is 1.02 bits per heavy atom. The molecule has 1 aliphatic rings. The van der Waals surface area contributed by atoms with Gasteiger partial charge in [0.05, 0.1) is 11.0 Å². The molecule has 63 heavy (non-hydrogen) atoms. The van der Waals surface area contributed by atoms with Gasteiger partial charge >= 0.3 is 0 Å². The molecule has 3 heterocycles. The summed E-state index contributed by atoms with van der Waals surface area (Å²) in [6.07, 6.45) is 0. The third-order valence-electron chi connectivity index (χ3n) is 12.9. The van der Waals surface area contributed by atoms with Crippen LogP contribution in [0.1, 0.15) is 22.6 Å². The summed E-state index contributed by atoms with van der Waals surface area (Å²) in [6, 6.07) is 78.2. The van der Waals surface area contributed by atoms with E-state index >= 15 is 0 Å². The molecule has 0 fully saturated rings. The van der Waals surface area contributed by atoms with Crippen LogP contribution in [-0.2, 0) is 0 Å². The van der Waals surface area contributed by atoms with Crippen LogP contribution in [0.5, 0.6) is 0 Å². The molecule has 0 N–H and O–H groups in total. The summed E-state index contributed by atoms with van der Waals surface area (Å²) in [5, 5.41) is 3.50. The zero-order valence-corrected chi connectivity index (χ0v) is 34.1. The summed E-state index contributed by atoms with van der Waals surface area (Å²) in [5.74, 6) is 0.587. The van der Waals surface area contributed by atoms with Gasteiger partial charge in [-0.25, -0.2) is 9.97 Å². The van der Waals surface area contributed by atoms with Gasteiger partial charge in [0.2, 0.25) is 0 Å². The highest BCUT2D eigenvalue weighted by atomic mass is 16.3. The van der Waals surface area contributed by atoms with E-state index < -0.39 is 0 Å². The molecule has 0 radical (unpaired) electrons. The smallest absolute Gasteiger partial charge is 0.180 e. The van der Waals surface area contributed by atoms with Crippen LogP contribution in [0.3, 0.4) is 0 Å². The Labute approximate surface area is 364 Å². The Morgan fingerprint density at radius 3 is 1.73 bits per heavy atom. The monoisotopic (exact) mass is 803 g/mol. The highest BCUT2D eigenvalue weighted by Crippen LogP contribution is 2.56. The number of hydrogen-bond acceptors (Lipinski definition) is 3. The molecule has 1 aliphatic carbocycles. The van der Waals surface area contributed by atoms with E-state index in [9.17, 15) is 0 Å². The van der Waals surface area contributed by atoms with Crippen molar-refractivity contribution in [2.24, 2.45) is 0 Å². The normalized spacial score (nSPS) is 13.2. The maximum Gasteiger partial charge on any atom is 0.180 e. The number of nitrogens with zero attached hydrogens (tertiary/aromatic N) is 3. The van der Waals surface area contributed by atoms with Crippen molar-refractivity contribution in [3.05, 3.63) is 235 Å². The van der Waals surface area contributed by atoms with Gasteiger partial charge in [0.15, 0.2) is 11.4 Å². The van der Waals surface area contributed by atoms with E-state index in [-0.39, 0.29) is 5.92 Å². The topological polar surface area (TPSA) is 43.9 Å². The lowest BCUT2D eigenvalue weighted by Gasteiger charge is -2.25. The van der Waals surface area contributed by atoms with Gasteiger partial charge in [-0.1, -0.05) is 170 Å². The molecular weight excluding hydrogens is 767 g/mol. The van der Waals surface area contributed by atoms with Crippen molar-refractivity contribution in [2.75, 3.05) is 0 Å². The fraction of sp³-hybridized carbons (Fsp3) is 0.0169. The fourth-order valence-electron chi connectivity index (χ4n) is 10.2. The minimum Gasteiger partial charge on any atom is -0.452 e. The third kappa shape index (κ3) is 5.48. The lowest BCUT2D eigenvalue weighted by Crippen LogP contribution is -2.06. The Hall–Kier alpha value is -8.34. The van der Waals surface area contributed by atoms with Gasteiger partial charge in [-0.15, -0.1) is 0 Å². The van der Waals surface area contributed by atoms with Gasteiger partial charge in [0.1, 0.15) is 16.8 Å². The van der Waals surface area contributed by atoms with Gasteiger partial charge in [-0.2, -0.15) is 0 Å². The molecule has 0 amide bonds. The molecule has 1 unspecified atom stereocenters. The summed E-state index contributed by atoms with van der Waals surface area (Å²) in [7, 11) is 0. The second kappa shape index (κ2) is 14.1. The Bertz CT molecular complexity index is 3660. The molecule has 294 valence electrons. The molecule has 9 aromatic carbocycles. The first-order valence-corrected chi connectivity index (χ1v) is 21.5. The molecule has 12 aromatic rings. The average Bonchev–Trinajstić information content (AvgIpc) is 4.02. The summed E-state index contributed by atoms with van der Waals surface area (Å²) in [5.41, 5.74) is 19.5. The maximum atomic E-state index is 6.73. The van der Waals surface area contributed by atoms with Crippen LogP contribution in [0.2, 0.25) is 0 Å². The van der Waals surface area contributed by atoms with E-state index in [0.717, 1.165) is 61.2 Å². The third-order valence-corrected chi connectivity index (χ3v) is 12.9. The van der Waals surface area contributed by atoms with Crippen LogP contribution >= 0.6 is 0 Å². The molecular formula is C59H37N3O. The van der Waals surface area contributed by atoms with Crippen LogP contribution in [-0.4, -0.2) is 14.5 Å². The molecule has 13 rings (SSSR count). The second-order valence-corrected chi connectivity index (χ2v) is 16.4. The van der Waals surface area contributed by atoms with Gasteiger partial charge in [0, 0.05) is 38.9 Å². The largest absolute Gasteiger partial charge is 0.452 e. The van der Waals surface area contributed by atoms with Crippen molar-refractivity contribution in [2.45, 2.75) is 5.92 Å². The highest BCUT2D eigenvalue weighted by Gasteiger charge is 2.36. The molecule has 3 aromatic heterocycles. The molecule has 0 saturated carbocycles. The number of para-hydroxylation sites is 3. The van der Waals surface area contributed by atoms with Crippen molar-refractivity contribution in [3.63, 3.8) is 0 Å². The van der Waals surface area contributed by atoms with E-state index in [0.29, 0.717) is 11.4 Å². The van der Waals surface area contributed by atoms with Crippen molar-refractivity contribution in [1.29, 1.82) is 0 Å². The van der Waals surface area contributed by atoms with E-state index in [1.807, 2.05) is 36.4 Å². The van der Waals surface area contributed by atoms with Gasteiger partial charge in [0.25, 0.3) is 0 Å². The Kier molecular flexibility index (Phi) is 7.94. The predicted octanol–water partition coefficient (Wildman–Crippen LogP) is 15.3. The predicted molar refractivity (Wildman–Crippen MR) is 258 cm³/mol. The molecule has 0 spiro atoms. The SMILES string of the molecule is c1ccc(-c2nc(-c3cc(-c4ccccc4)c(C4c5ccccc5-c5c4ccc4c5c5ccccc5n4-c4ccccc4)c(-c4ccccc4)c3)c3oc4ccccc4c3n2)cc1. The molecule has 0 aliphatic heterocycles. The van der Waals surface area contributed by atoms with Crippen molar-refractivity contribution >= 4 is 43.9 Å². The highest BCUT2D eigenvalue weighted by molar-refractivity contribution is 6.18. The minimum atomic E-state index is -0.0737. The first-order valence-electron chi connectivity index (χ1n) is 21.5. The van der Waals surface area contributed by atoms with Crippen molar-refractivity contribution < 1.29 is 4.42 Å². The van der Waals surface area contributed by atoms with Crippen LogP contribution in [0.4, 0.5) is 0 Å². The van der Waals surface area contributed by atoms with Crippen LogP contribution in [0.25, 0.3) is 106 Å². The summed E-state index contributed by atoms with van der Waals surface area (Å²) in [6.45, 7) is 0. The van der Waals surface area contributed by atoms with E-state index in [4.69, 9.17) is 14.4 Å². The first kappa shape index (κ1) is 35.4. The van der Waals surface area contributed by atoms with Crippen molar-refractivity contribution in [1.82, 2.24) is 14.5 Å². The second-order valence-electron chi connectivity index (χ2n) is 16.4. The Morgan fingerprint density at radius 1 is 0.429 bits per heavy atom. The number of rotatable bonds is 6. The van der Waals surface area contributed by atoms with Crippen LogP contribution in [0, 0.1) is 0 Å². The minimum absolute atomic E-state index is 0.0737. The lowest BCUT2D eigenvalue weighted by molar-refractivity contribution is 0.667. The van der Waals surface area contributed by atoms with Gasteiger partial charge in [-0.05, 0) is 98.6 Å².